The molecule has 0 radical (unpaired) electrons. The van der Waals surface area contributed by atoms with Gasteiger partial charge in [0.25, 0.3) is 0 Å². The van der Waals surface area contributed by atoms with Crippen LogP contribution in [0.2, 0.25) is 0 Å². The summed E-state index contributed by atoms with van der Waals surface area (Å²) in [7, 11) is 0. The third-order valence-electron chi connectivity index (χ3n) is 5.34. The third-order valence-corrected chi connectivity index (χ3v) is 5.34. The summed E-state index contributed by atoms with van der Waals surface area (Å²) >= 11 is 0. The molecule has 0 unspecified atom stereocenters. The number of hydrogen-bond donors (Lipinski definition) is 0. The Morgan fingerprint density at radius 2 is 1.53 bits per heavy atom. The van der Waals surface area contributed by atoms with Gasteiger partial charge in [0.15, 0.2) is 0 Å². The highest BCUT2D eigenvalue weighted by molar-refractivity contribution is 5.72. The molecule has 0 saturated carbocycles. The van der Waals surface area contributed by atoms with Crippen molar-refractivity contribution in [3.63, 3.8) is 0 Å². The maximum absolute atomic E-state index is 13.0. The van der Waals surface area contributed by atoms with Crippen molar-refractivity contribution in [2.45, 2.75) is 31.5 Å². The van der Waals surface area contributed by atoms with Gasteiger partial charge in [-0.3, -0.25) is 4.84 Å². The Labute approximate surface area is 219 Å². The summed E-state index contributed by atoms with van der Waals surface area (Å²) in [5, 5.41) is 0.766. The number of nitrogens with zero attached hydrogens (tertiary/aromatic N) is 1. The summed E-state index contributed by atoms with van der Waals surface area (Å²) in [4.78, 5) is 30.0. The molecule has 8 nitrogen and oxygen atoms in total. The van der Waals surface area contributed by atoms with Gasteiger partial charge >= 0.3 is 12.2 Å². The Kier molecular flexibility index (Phi) is 9.54. The van der Waals surface area contributed by atoms with Crippen LogP contribution in [0.15, 0.2) is 84.9 Å². The van der Waals surface area contributed by atoms with Crippen LogP contribution in [-0.4, -0.2) is 42.7 Å². The van der Waals surface area contributed by atoms with Gasteiger partial charge in [0.05, 0.1) is 12.6 Å². The highest BCUT2D eigenvalue weighted by atomic mass is 19.1. The van der Waals surface area contributed by atoms with Gasteiger partial charge in [0.2, 0.25) is 0 Å². The van der Waals surface area contributed by atoms with Gasteiger partial charge in [-0.15, -0.1) is 5.06 Å². The van der Waals surface area contributed by atoms with Crippen LogP contribution in [-0.2, 0) is 9.57 Å². The van der Waals surface area contributed by atoms with Crippen LogP contribution in [0.1, 0.15) is 19.3 Å². The number of hydrogen-bond acceptors (Lipinski definition) is 7. The minimum atomic E-state index is -1.09. The van der Waals surface area contributed by atoms with Crippen molar-refractivity contribution < 1.29 is 37.8 Å². The second-order valence-electron chi connectivity index (χ2n) is 8.20. The van der Waals surface area contributed by atoms with Crippen LogP contribution >= 0.6 is 0 Å². The summed E-state index contributed by atoms with van der Waals surface area (Å²) in [6, 6.07) is 22.5. The summed E-state index contributed by atoms with van der Waals surface area (Å²) in [5.41, 5.74) is 0. The number of ether oxygens (including phenoxy) is 4. The molecular formula is C29H26FNO7. The first-order valence-corrected chi connectivity index (χ1v) is 12.1. The summed E-state index contributed by atoms with van der Waals surface area (Å²) < 4.78 is 34.9. The van der Waals surface area contributed by atoms with Gasteiger partial charge in [0.1, 0.15) is 35.8 Å². The molecule has 0 spiro atoms. The van der Waals surface area contributed by atoms with Crippen molar-refractivity contribution in [3.05, 3.63) is 90.7 Å². The highest BCUT2D eigenvalue weighted by Gasteiger charge is 2.25. The minimum Gasteiger partial charge on any atom is -0.491 e. The van der Waals surface area contributed by atoms with Crippen LogP contribution < -0.4 is 14.2 Å². The second-order valence-corrected chi connectivity index (χ2v) is 8.20. The Morgan fingerprint density at radius 1 is 0.868 bits per heavy atom. The molecule has 38 heavy (non-hydrogen) atoms. The van der Waals surface area contributed by atoms with E-state index in [0.717, 1.165) is 17.9 Å². The van der Waals surface area contributed by atoms with Crippen LogP contribution in [0.3, 0.4) is 0 Å². The predicted molar refractivity (Wildman–Crippen MR) is 135 cm³/mol. The van der Waals surface area contributed by atoms with Gasteiger partial charge in [-0.05, 0) is 61.4 Å². The molecule has 3 aromatic carbocycles. The topological polar surface area (TPSA) is 83.5 Å². The van der Waals surface area contributed by atoms with E-state index in [2.05, 4.69) is 11.8 Å². The van der Waals surface area contributed by atoms with Crippen LogP contribution in [0, 0.1) is 17.7 Å². The summed E-state index contributed by atoms with van der Waals surface area (Å²) in [6.07, 6.45) is -0.706. The van der Waals surface area contributed by atoms with E-state index in [1.165, 1.54) is 12.1 Å². The van der Waals surface area contributed by atoms with Crippen molar-refractivity contribution in [1.82, 2.24) is 5.06 Å². The lowest BCUT2D eigenvalue weighted by Crippen LogP contribution is -2.37. The van der Waals surface area contributed by atoms with Gasteiger partial charge in [-0.25, -0.2) is 14.0 Å². The smallest absolute Gasteiger partial charge is 0.491 e. The Bertz CT molecular complexity index is 1240. The molecule has 196 valence electrons. The molecule has 2 atom stereocenters. The SMILES string of the molecule is O=C(Oc1ccccc1)ON(CCC#C[C@@H]1CC[C@@H](COc2ccc(F)cc2)O1)C(=O)Oc1ccccc1. The first-order valence-electron chi connectivity index (χ1n) is 12.1. The van der Waals surface area contributed by atoms with E-state index in [-0.39, 0.29) is 36.7 Å². The molecule has 0 N–H and O–H groups in total. The monoisotopic (exact) mass is 519 g/mol. The normalized spacial score (nSPS) is 16.0. The quantitative estimate of drug-likeness (QED) is 0.169. The first kappa shape index (κ1) is 26.5. The highest BCUT2D eigenvalue weighted by Crippen LogP contribution is 2.21. The zero-order chi connectivity index (χ0) is 26.6. The molecule has 0 aromatic heterocycles. The molecule has 1 aliphatic heterocycles. The molecule has 1 amide bonds. The van der Waals surface area contributed by atoms with Crippen molar-refractivity contribution in [2.75, 3.05) is 13.2 Å². The van der Waals surface area contributed by atoms with Gasteiger partial charge in [0, 0.05) is 6.42 Å². The fourth-order valence-electron chi connectivity index (χ4n) is 3.51. The molecular weight excluding hydrogens is 493 g/mol. The first-order chi connectivity index (χ1) is 18.5. The molecule has 1 aliphatic rings. The van der Waals surface area contributed by atoms with E-state index in [1.807, 2.05) is 0 Å². The molecule has 0 aliphatic carbocycles. The second kappa shape index (κ2) is 13.7. The molecule has 1 saturated heterocycles. The number of amides is 1. The molecule has 1 fully saturated rings. The van der Waals surface area contributed by atoms with Gasteiger partial charge in [-0.2, -0.15) is 0 Å². The fraction of sp³-hybridized carbons (Fsp3) is 0.241. The van der Waals surface area contributed by atoms with Crippen molar-refractivity contribution in [1.29, 1.82) is 0 Å². The molecule has 3 aromatic rings. The van der Waals surface area contributed by atoms with E-state index < -0.39 is 12.2 Å². The van der Waals surface area contributed by atoms with E-state index in [1.54, 1.807) is 72.8 Å². The lowest BCUT2D eigenvalue weighted by Gasteiger charge is -2.19. The average molecular weight is 520 g/mol. The maximum atomic E-state index is 13.0. The summed E-state index contributed by atoms with van der Waals surface area (Å²) in [5.74, 6) is 6.79. The zero-order valence-electron chi connectivity index (χ0n) is 20.5. The number of benzene rings is 3. The molecule has 9 heteroatoms. The van der Waals surface area contributed by atoms with Crippen LogP contribution in [0.25, 0.3) is 0 Å². The largest absolute Gasteiger partial charge is 0.539 e. The Balaban J connectivity index is 1.27. The number of carbonyl (C=O) groups excluding carboxylic acids is 2. The molecule has 1 heterocycles. The predicted octanol–water partition coefficient (Wildman–Crippen LogP) is 5.78. The average Bonchev–Trinajstić information content (AvgIpc) is 3.39. The number of carbonyl (C=O) groups is 2. The van der Waals surface area contributed by atoms with Gasteiger partial charge in [-0.1, -0.05) is 48.2 Å². The van der Waals surface area contributed by atoms with Gasteiger partial charge < -0.3 is 18.9 Å². The van der Waals surface area contributed by atoms with E-state index in [4.69, 9.17) is 23.8 Å². The standard InChI is InChI=1S/C29H26FNO7/c30-22-14-16-23(17-15-22)34-21-27-19-18-26(35-27)13-7-8-20-31(28(32)36-24-9-3-1-4-10-24)38-29(33)37-25-11-5-2-6-12-25/h1-6,9-12,14-17,26-27H,8,18-21H2/t26-,27+/m1/s1. The van der Waals surface area contributed by atoms with Crippen LogP contribution in [0.4, 0.5) is 14.0 Å². The third kappa shape index (κ3) is 8.54. The zero-order valence-corrected chi connectivity index (χ0v) is 20.5. The maximum Gasteiger partial charge on any atom is 0.539 e. The van der Waals surface area contributed by atoms with Crippen molar-refractivity contribution in [3.8, 4) is 29.1 Å². The van der Waals surface area contributed by atoms with Crippen molar-refractivity contribution >= 4 is 12.2 Å². The Hall–Kier alpha value is -4.55. The molecule has 0 bridgehead atoms. The minimum absolute atomic E-state index is 0.0492. The van der Waals surface area contributed by atoms with E-state index in [9.17, 15) is 14.0 Å². The van der Waals surface area contributed by atoms with Crippen molar-refractivity contribution in [2.24, 2.45) is 0 Å². The number of hydroxylamine groups is 2. The fourth-order valence-corrected chi connectivity index (χ4v) is 3.51. The lowest BCUT2D eigenvalue weighted by atomic mass is 10.2. The Morgan fingerprint density at radius 3 is 2.21 bits per heavy atom. The number of halogens is 1. The lowest BCUT2D eigenvalue weighted by molar-refractivity contribution is -0.0880. The van der Waals surface area contributed by atoms with Crippen LogP contribution in [0.5, 0.6) is 17.2 Å². The number of rotatable bonds is 7. The number of para-hydroxylation sites is 2. The van der Waals surface area contributed by atoms with E-state index >= 15 is 0 Å². The molecule has 4 rings (SSSR count). The summed E-state index contributed by atoms with van der Waals surface area (Å²) in [6.45, 7) is 0.284. The van der Waals surface area contributed by atoms with E-state index in [0.29, 0.717) is 18.1 Å².